The summed E-state index contributed by atoms with van der Waals surface area (Å²) in [5, 5.41) is 3.97. The average Bonchev–Trinajstić information content (AvgIpc) is 2.51. The third-order valence-corrected chi connectivity index (χ3v) is 2.04. The Kier molecular flexibility index (Phi) is 1.38. The number of H-pyrrole nitrogens is 1. The summed E-state index contributed by atoms with van der Waals surface area (Å²) in [6.07, 6.45) is 7.05. The van der Waals surface area contributed by atoms with Crippen molar-refractivity contribution in [3.63, 3.8) is 0 Å². The highest BCUT2D eigenvalue weighted by Crippen LogP contribution is 2.20. The Balaban J connectivity index is 2.31. The van der Waals surface area contributed by atoms with Crippen LogP contribution >= 0.6 is 0 Å². The van der Waals surface area contributed by atoms with Gasteiger partial charge in [-0.05, 0) is 18.2 Å². The van der Waals surface area contributed by atoms with Gasteiger partial charge in [-0.25, -0.2) is 9.97 Å². The zero-order chi connectivity index (χ0) is 9.38. The van der Waals surface area contributed by atoms with Gasteiger partial charge in [0.15, 0.2) is 5.65 Å². The molecule has 2 aromatic rings. The summed E-state index contributed by atoms with van der Waals surface area (Å²) in [6.45, 7) is 0. The van der Waals surface area contributed by atoms with Crippen molar-refractivity contribution in [3.05, 3.63) is 24.2 Å². The van der Waals surface area contributed by atoms with E-state index in [1.54, 1.807) is 12.5 Å². The summed E-state index contributed by atoms with van der Waals surface area (Å²) in [6, 6.07) is 1.94. The van der Waals surface area contributed by atoms with Crippen LogP contribution in [0.5, 0.6) is 0 Å². The number of imidazole rings is 1. The van der Waals surface area contributed by atoms with Gasteiger partial charge in [0.05, 0.1) is 23.2 Å². The third kappa shape index (κ3) is 0.990. The summed E-state index contributed by atoms with van der Waals surface area (Å²) >= 11 is 0. The highest BCUT2D eigenvalue weighted by molar-refractivity contribution is 5.86. The fourth-order valence-electron chi connectivity index (χ4n) is 1.39. The molecule has 0 atom stereocenters. The molecule has 0 saturated heterocycles. The minimum absolute atomic E-state index is 0.720. The molecule has 3 rings (SSSR count). The molecule has 1 aliphatic heterocycles. The Morgan fingerprint density at radius 3 is 3.29 bits per heavy atom. The predicted octanol–water partition coefficient (Wildman–Crippen LogP) is 1.38. The van der Waals surface area contributed by atoms with Gasteiger partial charge < -0.3 is 4.98 Å². The number of pyridine rings is 1. The van der Waals surface area contributed by atoms with Crippen molar-refractivity contribution in [1.82, 2.24) is 15.0 Å². The number of aromatic amines is 1. The first-order valence-corrected chi connectivity index (χ1v) is 4.23. The van der Waals surface area contributed by atoms with Crippen molar-refractivity contribution in [3.8, 4) is 0 Å². The fraction of sp³-hybridized carbons (Fsp3) is 0. The van der Waals surface area contributed by atoms with E-state index < -0.39 is 0 Å². The van der Waals surface area contributed by atoms with Crippen LogP contribution in [0.15, 0.2) is 23.6 Å². The van der Waals surface area contributed by atoms with Crippen LogP contribution in [0.25, 0.3) is 17.2 Å². The Morgan fingerprint density at radius 1 is 1.29 bits per heavy atom. The van der Waals surface area contributed by atoms with Crippen molar-refractivity contribution in [1.29, 1.82) is 0 Å². The first-order valence-electron chi connectivity index (χ1n) is 4.23. The lowest BCUT2D eigenvalue weighted by molar-refractivity contribution is 1.27. The summed E-state index contributed by atoms with van der Waals surface area (Å²) < 4.78 is 0. The van der Waals surface area contributed by atoms with Crippen LogP contribution in [-0.4, -0.2) is 21.2 Å². The van der Waals surface area contributed by atoms with Crippen LogP contribution in [0.3, 0.4) is 0 Å². The smallest absolute Gasteiger partial charge is 0.178 e. The van der Waals surface area contributed by atoms with Gasteiger partial charge in [-0.1, -0.05) is 0 Å². The van der Waals surface area contributed by atoms with E-state index in [-0.39, 0.29) is 0 Å². The van der Waals surface area contributed by atoms with Crippen molar-refractivity contribution < 1.29 is 0 Å². The van der Waals surface area contributed by atoms with Crippen molar-refractivity contribution >= 4 is 29.1 Å². The van der Waals surface area contributed by atoms with Gasteiger partial charge in [0.2, 0.25) is 0 Å². The second-order valence-corrected chi connectivity index (χ2v) is 2.94. The largest absolute Gasteiger partial charge is 0.343 e. The van der Waals surface area contributed by atoms with E-state index in [1.165, 1.54) is 0 Å². The summed E-state index contributed by atoms with van der Waals surface area (Å²) in [5.41, 5.74) is 6.26. The number of nitrogens with one attached hydrogen (secondary N) is 2. The monoisotopic (exact) mass is 185 g/mol. The van der Waals surface area contributed by atoms with Crippen LogP contribution in [-0.2, 0) is 0 Å². The lowest BCUT2D eigenvalue weighted by atomic mass is 10.2. The molecule has 68 valence electrons. The molecule has 5 nitrogen and oxygen atoms in total. The van der Waals surface area contributed by atoms with Gasteiger partial charge in [-0.2, -0.15) is 5.10 Å². The number of aromatic nitrogens is 3. The van der Waals surface area contributed by atoms with Crippen LogP contribution in [0.1, 0.15) is 5.69 Å². The van der Waals surface area contributed by atoms with E-state index in [0.29, 0.717) is 0 Å². The van der Waals surface area contributed by atoms with Crippen molar-refractivity contribution in [2.45, 2.75) is 0 Å². The van der Waals surface area contributed by atoms with E-state index >= 15 is 0 Å². The minimum atomic E-state index is 0.720. The van der Waals surface area contributed by atoms with E-state index in [0.717, 1.165) is 22.5 Å². The Hall–Kier alpha value is -2.17. The Labute approximate surface area is 79.6 Å². The molecule has 2 N–H and O–H groups in total. The quantitative estimate of drug-likeness (QED) is 0.651. The number of fused-ring (bicyclic) bond motifs is 2. The summed E-state index contributed by atoms with van der Waals surface area (Å²) in [7, 11) is 0. The lowest BCUT2D eigenvalue weighted by Crippen LogP contribution is -1.93. The highest BCUT2D eigenvalue weighted by Gasteiger charge is 2.06. The number of hydrazone groups is 1. The molecule has 0 amide bonds. The Bertz CT molecular complexity index is 537. The van der Waals surface area contributed by atoms with Crippen molar-refractivity contribution in [2.24, 2.45) is 5.10 Å². The topological polar surface area (TPSA) is 66.0 Å². The SMILES string of the molecule is C1=Cc2nc3nc[nH]c3cc2NN=C1. The van der Waals surface area contributed by atoms with Crippen molar-refractivity contribution in [2.75, 3.05) is 5.43 Å². The molecule has 0 aliphatic carbocycles. The van der Waals surface area contributed by atoms with Gasteiger partial charge >= 0.3 is 0 Å². The molecule has 0 aromatic carbocycles. The lowest BCUT2D eigenvalue weighted by Gasteiger charge is -2.01. The number of nitrogens with zero attached hydrogens (tertiary/aromatic N) is 3. The number of rotatable bonds is 0. The first-order chi connectivity index (χ1) is 6.93. The summed E-state index contributed by atoms with van der Waals surface area (Å²) in [5.74, 6) is 0. The van der Waals surface area contributed by atoms with Crippen LogP contribution in [0.2, 0.25) is 0 Å². The molecular formula is C9H7N5. The number of allylic oxidation sites excluding steroid dienone is 1. The molecule has 0 unspecified atom stereocenters. The highest BCUT2D eigenvalue weighted by atomic mass is 15.3. The maximum absolute atomic E-state index is 4.36. The van der Waals surface area contributed by atoms with Crippen LogP contribution in [0.4, 0.5) is 5.69 Å². The normalized spacial score (nSPS) is 13.7. The van der Waals surface area contributed by atoms with E-state index in [9.17, 15) is 0 Å². The molecule has 3 heterocycles. The standard InChI is InChI=1S/C9H7N5/c1-2-6-7(14-12-3-1)4-8-9(13-6)11-5-10-8/h1-5,14H,(H,10,11,13). The van der Waals surface area contributed by atoms with Crippen LogP contribution < -0.4 is 5.43 Å². The van der Waals surface area contributed by atoms with Gasteiger partial charge in [0.25, 0.3) is 0 Å². The molecule has 5 heteroatoms. The molecule has 0 bridgehead atoms. The molecular weight excluding hydrogens is 178 g/mol. The van der Waals surface area contributed by atoms with E-state index in [2.05, 4.69) is 25.5 Å². The van der Waals surface area contributed by atoms with Gasteiger partial charge in [-0.15, -0.1) is 0 Å². The summed E-state index contributed by atoms with van der Waals surface area (Å²) in [4.78, 5) is 11.5. The third-order valence-electron chi connectivity index (χ3n) is 2.04. The molecule has 2 aromatic heterocycles. The number of hydrogen-bond donors (Lipinski definition) is 2. The second kappa shape index (κ2) is 2.66. The molecule has 0 saturated carbocycles. The maximum Gasteiger partial charge on any atom is 0.178 e. The molecule has 0 fully saturated rings. The average molecular weight is 185 g/mol. The maximum atomic E-state index is 4.36. The first kappa shape index (κ1) is 7.25. The Morgan fingerprint density at radius 2 is 2.29 bits per heavy atom. The number of hydrogen-bond acceptors (Lipinski definition) is 4. The van der Waals surface area contributed by atoms with E-state index in [4.69, 9.17) is 0 Å². The predicted molar refractivity (Wildman–Crippen MR) is 55.0 cm³/mol. The molecule has 1 aliphatic rings. The van der Waals surface area contributed by atoms with Crippen LogP contribution in [0, 0.1) is 0 Å². The van der Waals surface area contributed by atoms with Gasteiger partial charge in [0, 0.05) is 6.21 Å². The van der Waals surface area contributed by atoms with E-state index in [1.807, 2.05) is 18.2 Å². The zero-order valence-electron chi connectivity index (χ0n) is 7.23. The minimum Gasteiger partial charge on any atom is -0.343 e. The molecule has 14 heavy (non-hydrogen) atoms. The molecule has 0 spiro atoms. The second-order valence-electron chi connectivity index (χ2n) is 2.94. The molecule has 0 radical (unpaired) electrons. The fourth-order valence-corrected chi connectivity index (χ4v) is 1.39. The van der Waals surface area contributed by atoms with Gasteiger partial charge in [-0.3, -0.25) is 5.43 Å². The number of anilines is 1. The van der Waals surface area contributed by atoms with Gasteiger partial charge in [0.1, 0.15) is 0 Å². The zero-order valence-corrected chi connectivity index (χ0v) is 7.23.